The predicted molar refractivity (Wildman–Crippen MR) is 118 cm³/mol. The molecule has 0 fully saturated rings. The van der Waals surface area contributed by atoms with E-state index in [2.05, 4.69) is 10.6 Å². The molecule has 0 saturated carbocycles. The second kappa shape index (κ2) is 8.36. The molecule has 1 atom stereocenters. The van der Waals surface area contributed by atoms with Crippen LogP contribution in [0.4, 0.5) is 5.69 Å². The van der Waals surface area contributed by atoms with Gasteiger partial charge in [0.25, 0.3) is 5.91 Å². The molecule has 30 heavy (non-hydrogen) atoms. The number of allylic oxidation sites excluding steroid dienone is 3. The average molecular weight is 423 g/mol. The number of nitrogens with one attached hydrogen (secondary N) is 2. The summed E-state index contributed by atoms with van der Waals surface area (Å²) in [6.07, 6.45) is 2.10. The molecule has 4 rings (SSSR count). The number of para-hydroxylation sites is 2. The highest BCUT2D eigenvalue weighted by atomic mass is 35.5. The molecule has 0 bridgehead atoms. The third-order valence-electron chi connectivity index (χ3n) is 5.58. The number of ketones is 1. The lowest BCUT2D eigenvalue weighted by Gasteiger charge is -2.34. The van der Waals surface area contributed by atoms with E-state index in [4.69, 9.17) is 16.3 Å². The first-order valence-corrected chi connectivity index (χ1v) is 10.3. The van der Waals surface area contributed by atoms with Crippen LogP contribution in [0.1, 0.15) is 37.7 Å². The lowest BCUT2D eigenvalue weighted by Crippen LogP contribution is -2.35. The number of halogens is 1. The van der Waals surface area contributed by atoms with Crippen molar-refractivity contribution in [2.24, 2.45) is 0 Å². The maximum atomic E-state index is 13.5. The Balaban J connectivity index is 1.78. The number of ether oxygens (including phenoxy) is 1. The third-order valence-corrected chi connectivity index (χ3v) is 5.83. The molecule has 0 saturated heterocycles. The normalized spacial score (nSPS) is 18.6. The van der Waals surface area contributed by atoms with Crippen LogP contribution in [0.15, 0.2) is 71.1 Å². The molecule has 2 aromatic carbocycles. The van der Waals surface area contributed by atoms with E-state index < -0.39 is 5.92 Å². The second-order valence-electron chi connectivity index (χ2n) is 7.47. The molecule has 0 aromatic heterocycles. The second-order valence-corrected chi connectivity index (χ2v) is 7.91. The van der Waals surface area contributed by atoms with Crippen LogP contribution in [-0.4, -0.2) is 18.8 Å². The number of carbonyl (C=O) groups is 2. The number of methoxy groups -OCH3 is 1. The van der Waals surface area contributed by atoms with Crippen molar-refractivity contribution in [3.05, 3.63) is 81.7 Å². The molecule has 1 heterocycles. The summed E-state index contributed by atoms with van der Waals surface area (Å²) in [4.78, 5) is 26.4. The number of benzene rings is 2. The molecule has 0 radical (unpaired) electrons. The van der Waals surface area contributed by atoms with Gasteiger partial charge < -0.3 is 15.4 Å². The van der Waals surface area contributed by atoms with Crippen LogP contribution in [-0.2, 0) is 9.59 Å². The zero-order valence-electron chi connectivity index (χ0n) is 16.9. The number of hydrogen-bond donors (Lipinski definition) is 2. The van der Waals surface area contributed by atoms with Crippen molar-refractivity contribution in [2.75, 3.05) is 12.4 Å². The van der Waals surface area contributed by atoms with E-state index in [1.165, 1.54) is 0 Å². The van der Waals surface area contributed by atoms with Crippen molar-refractivity contribution in [3.63, 3.8) is 0 Å². The number of dihydropyridines is 1. The number of rotatable bonds is 4. The van der Waals surface area contributed by atoms with Crippen LogP contribution >= 0.6 is 11.6 Å². The Morgan fingerprint density at radius 2 is 1.87 bits per heavy atom. The molecule has 0 unspecified atom stereocenters. The number of carbonyl (C=O) groups excluding carboxylic acids is 2. The van der Waals surface area contributed by atoms with E-state index in [1.54, 1.807) is 31.4 Å². The van der Waals surface area contributed by atoms with Gasteiger partial charge in [0.2, 0.25) is 0 Å². The molecule has 0 spiro atoms. The van der Waals surface area contributed by atoms with Gasteiger partial charge in [-0.25, -0.2) is 0 Å². The fourth-order valence-corrected chi connectivity index (χ4v) is 4.34. The zero-order chi connectivity index (χ0) is 21.3. The monoisotopic (exact) mass is 422 g/mol. The van der Waals surface area contributed by atoms with E-state index in [0.717, 1.165) is 29.8 Å². The molecule has 1 aliphatic heterocycles. The van der Waals surface area contributed by atoms with Crippen LogP contribution in [0, 0.1) is 0 Å². The van der Waals surface area contributed by atoms with Crippen LogP contribution in [0.2, 0.25) is 5.02 Å². The van der Waals surface area contributed by atoms with Crippen LogP contribution < -0.4 is 15.4 Å². The molecule has 5 nitrogen and oxygen atoms in total. The highest BCUT2D eigenvalue weighted by Crippen LogP contribution is 2.42. The average Bonchev–Trinajstić information content (AvgIpc) is 2.74. The lowest BCUT2D eigenvalue weighted by atomic mass is 9.75. The van der Waals surface area contributed by atoms with Gasteiger partial charge in [-0.15, -0.1) is 0 Å². The molecular weight excluding hydrogens is 400 g/mol. The van der Waals surface area contributed by atoms with Gasteiger partial charge in [0.05, 0.1) is 12.8 Å². The summed E-state index contributed by atoms with van der Waals surface area (Å²) in [5.41, 5.74) is 4.31. The minimum Gasteiger partial charge on any atom is -0.495 e. The van der Waals surface area contributed by atoms with E-state index in [-0.39, 0.29) is 11.7 Å². The van der Waals surface area contributed by atoms with Crippen molar-refractivity contribution in [1.29, 1.82) is 0 Å². The number of hydrogen-bond acceptors (Lipinski definition) is 4. The summed E-state index contributed by atoms with van der Waals surface area (Å²) < 4.78 is 5.36. The Morgan fingerprint density at radius 1 is 1.13 bits per heavy atom. The van der Waals surface area contributed by atoms with E-state index in [9.17, 15) is 9.59 Å². The lowest BCUT2D eigenvalue weighted by molar-refractivity contribution is -0.116. The summed E-state index contributed by atoms with van der Waals surface area (Å²) >= 11 is 6.09. The fourth-order valence-electron chi connectivity index (χ4n) is 4.21. The van der Waals surface area contributed by atoms with Gasteiger partial charge >= 0.3 is 0 Å². The molecule has 2 N–H and O–H groups in total. The molecule has 1 aliphatic carbocycles. The standard InChI is InChI=1S/C24H23ClN2O3/c1-14-21(24(29)27-17-6-3-4-9-20(17)30-2)22(15-10-12-16(25)13-11-15)23-18(26-14)7-5-8-19(23)28/h3-4,6,9-13,22,26H,5,7-8H2,1-2H3,(H,27,29)/t22-/m1/s1. The van der Waals surface area contributed by atoms with Gasteiger partial charge in [-0.3, -0.25) is 9.59 Å². The Hall–Kier alpha value is -3.05. The van der Waals surface area contributed by atoms with Crippen LogP contribution in [0.3, 0.4) is 0 Å². The zero-order valence-corrected chi connectivity index (χ0v) is 17.7. The predicted octanol–water partition coefficient (Wildman–Crippen LogP) is 4.96. The highest BCUT2D eigenvalue weighted by Gasteiger charge is 2.38. The Bertz CT molecular complexity index is 1070. The van der Waals surface area contributed by atoms with Crippen molar-refractivity contribution in [3.8, 4) is 5.75 Å². The molecule has 2 aromatic rings. The fraction of sp³-hybridized carbons (Fsp3) is 0.250. The minimum atomic E-state index is -0.443. The van der Waals surface area contributed by atoms with Crippen LogP contribution in [0.5, 0.6) is 5.75 Å². The molecular formula is C24H23ClN2O3. The largest absolute Gasteiger partial charge is 0.495 e. The van der Waals surface area contributed by atoms with Gasteiger partial charge in [0, 0.05) is 39.9 Å². The van der Waals surface area contributed by atoms with Crippen molar-refractivity contribution in [2.45, 2.75) is 32.1 Å². The maximum absolute atomic E-state index is 13.5. The minimum absolute atomic E-state index is 0.0822. The quantitative estimate of drug-likeness (QED) is 0.731. The molecule has 154 valence electrons. The SMILES string of the molecule is COc1ccccc1NC(=O)C1=C(C)NC2=C(C(=O)CCC2)[C@@H]1c1ccc(Cl)cc1. The summed E-state index contributed by atoms with van der Waals surface area (Å²) in [6.45, 7) is 1.88. The molecule has 2 aliphatic rings. The first kappa shape index (κ1) is 20.2. The third kappa shape index (κ3) is 3.73. The summed E-state index contributed by atoms with van der Waals surface area (Å²) in [5.74, 6) is -0.0567. The van der Waals surface area contributed by atoms with E-state index in [0.29, 0.717) is 34.0 Å². The first-order chi connectivity index (χ1) is 14.5. The highest BCUT2D eigenvalue weighted by molar-refractivity contribution is 6.30. The molecule has 1 amide bonds. The summed E-state index contributed by atoms with van der Waals surface area (Å²) in [6, 6.07) is 14.6. The number of anilines is 1. The van der Waals surface area contributed by atoms with Crippen molar-refractivity contribution in [1.82, 2.24) is 5.32 Å². The number of amides is 1. The molecule has 6 heteroatoms. The first-order valence-electron chi connectivity index (χ1n) is 9.93. The van der Waals surface area contributed by atoms with E-state index in [1.807, 2.05) is 31.2 Å². The Morgan fingerprint density at radius 3 is 2.60 bits per heavy atom. The smallest absolute Gasteiger partial charge is 0.254 e. The Kier molecular flexibility index (Phi) is 5.64. The van der Waals surface area contributed by atoms with Crippen molar-refractivity contribution >= 4 is 29.0 Å². The van der Waals surface area contributed by atoms with Gasteiger partial charge in [0.15, 0.2) is 5.78 Å². The van der Waals surface area contributed by atoms with Gasteiger partial charge in [-0.1, -0.05) is 35.9 Å². The van der Waals surface area contributed by atoms with E-state index >= 15 is 0 Å². The summed E-state index contributed by atoms with van der Waals surface area (Å²) in [7, 11) is 1.56. The summed E-state index contributed by atoms with van der Waals surface area (Å²) in [5, 5.41) is 6.90. The topological polar surface area (TPSA) is 67.4 Å². The van der Waals surface area contributed by atoms with Gasteiger partial charge in [0.1, 0.15) is 5.75 Å². The van der Waals surface area contributed by atoms with Gasteiger partial charge in [-0.2, -0.15) is 0 Å². The Labute approximate surface area is 180 Å². The van der Waals surface area contributed by atoms with Gasteiger partial charge in [-0.05, 0) is 49.6 Å². The number of Topliss-reactive ketones (excluding diaryl/α,β-unsaturated/α-hetero) is 1. The maximum Gasteiger partial charge on any atom is 0.254 e. The van der Waals surface area contributed by atoms with Crippen molar-refractivity contribution < 1.29 is 14.3 Å². The van der Waals surface area contributed by atoms with Crippen LogP contribution in [0.25, 0.3) is 0 Å².